The molecule has 0 aliphatic carbocycles. The number of rotatable bonds is 9. The molecule has 0 spiro atoms. The molecule has 8 heteroatoms. The van der Waals surface area contributed by atoms with Crippen molar-refractivity contribution in [3.8, 4) is 34.0 Å². The molecule has 2 aromatic carbocycles. The Morgan fingerprint density at radius 3 is 2.27 bits per heavy atom. The zero-order valence-corrected chi connectivity index (χ0v) is 21.9. The van der Waals surface area contributed by atoms with Crippen LogP contribution in [-0.2, 0) is 6.42 Å². The normalized spacial score (nSPS) is 11.9. The molecule has 0 aliphatic heterocycles. The van der Waals surface area contributed by atoms with Gasteiger partial charge in [-0.3, -0.25) is 4.98 Å². The predicted molar refractivity (Wildman–Crippen MR) is 151 cm³/mol. The van der Waals surface area contributed by atoms with Crippen molar-refractivity contribution in [3.05, 3.63) is 83.5 Å². The lowest BCUT2D eigenvalue weighted by atomic mass is 10.0. The largest absolute Gasteiger partial charge is 0.496 e. The summed E-state index contributed by atoms with van der Waals surface area (Å²) in [5, 5.41) is 3.52. The summed E-state index contributed by atoms with van der Waals surface area (Å²) in [7, 11) is 3.33. The van der Waals surface area contributed by atoms with Crippen molar-refractivity contribution in [1.82, 2.24) is 15.0 Å². The maximum absolute atomic E-state index is 6.50. The smallest absolute Gasteiger partial charge is 0.162 e. The van der Waals surface area contributed by atoms with Crippen LogP contribution in [0.2, 0.25) is 0 Å². The van der Waals surface area contributed by atoms with E-state index in [9.17, 15) is 0 Å². The average Bonchev–Trinajstić information content (AvgIpc) is 3.27. The van der Waals surface area contributed by atoms with Crippen molar-refractivity contribution in [2.75, 3.05) is 26.1 Å². The van der Waals surface area contributed by atoms with Crippen LogP contribution < -0.4 is 20.5 Å². The summed E-state index contributed by atoms with van der Waals surface area (Å²) >= 11 is 1.65. The highest BCUT2D eigenvalue weighted by atomic mass is 32.1. The molecule has 5 rings (SSSR count). The molecule has 0 bridgehead atoms. The molecule has 0 saturated carbocycles. The van der Waals surface area contributed by atoms with E-state index in [1.165, 1.54) is 5.56 Å². The van der Waals surface area contributed by atoms with Crippen LogP contribution in [-0.4, -0.2) is 41.8 Å². The number of nitrogens with zero attached hydrogens (tertiary/aromatic N) is 3. The van der Waals surface area contributed by atoms with Gasteiger partial charge in [-0.05, 0) is 43.2 Å². The molecule has 0 radical (unpaired) electrons. The number of thiophene rings is 1. The minimum atomic E-state index is -0.0772. The molecule has 1 unspecified atom stereocenters. The van der Waals surface area contributed by atoms with Crippen molar-refractivity contribution >= 4 is 27.4 Å². The lowest BCUT2D eigenvalue weighted by Crippen LogP contribution is -2.31. The quantitative estimate of drug-likeness (QED) is 0.261. The molecular formula is C29H29N5O2S. The highest BCUT2D eigenvalue weighted by molar-refractivity contribution is 7.20. The second-order valence-corrected chi connectivity index (χ2v) is 9.94. The van der Waals surface area contributed by atoms with Crippen LogP contribution in [0.15, 0.2) is 73.1 Å². The van der Waals surface area contributed by atoms with Gasteiger partial charge in [-0.25, -0.2) is 9.97 Å². The van der Waals surface area contributed by atoms with Crippen LogP contribution in [0.5, 0.6) is 11.5 Å². The predicted octanol–water partition coefficient (Wildman–Crippen LogP) is 5.73. The molecule has 3 heterocycles. The number of pyridine rings is 1. The van der Waals surface area contributed by atoms with E-state index in [4.69, 9.17) is 25.2 Å². The van der Waals surface area contributed by atoms with Crippen LogP contribution in [0.4, 0.5) is 5.82 Å². The Morgan fingerprint density at radius 2 is 1.59 bits per heavy atom. The number of anilines is 1. The van der Waals surface area contributed by atoms with E-state index < -0.39 is 0 Å². The van der Waals surface area contributed by atoms with Crippen LogP contribution in [0.25, 0.3) is 32.7 Å². The topological polar surface area (TPSA) is 95.2 Å². The molecule has 0 saturated heterocycles. The molecule has 3 N–H and O–H groups in total. The lowest BCUT2D eigenvalue weighted by Gasteiger charge is -2.15. The zero-order chi connectivity index (χ0) is 25.8. The van der Waals surface area contributed by atoms with Gasteiger partial charge >= 0.3 is 0 Å². The molecular weight excluding hydrogens is 482 g/mol. The van der Waals surface area contributed by atoms with E-state index in [0.29, 0.717) is 12.4 Å². The van der Waals surface area contributed by atoms with Gasteiger partial charge in [0.25, 0.3) is 0 Å². The van der Waals surface area contributed by atoms with Gasteiger partial charge in [0.05, 0.1) is 30.0 Å². The van der Waals surface area contributed by atoms with E-state index in [2.05, 4.69) is 29.4 Å². The first-order valence-electron chi connectivity index (χ1n) is 12.0. The summed E-state index contributed by atoms with van der Waals surface area (Å²) in [5.74, 6) is 2.83. The highest BCUT2D eigenvalue weighted by Gasteiger charge is 2.24. The maximum atomic E-state index is 6.50. The van der Waals surface area contributed by atoms with E-state index >= 15 is 0 Å². The number of hydrogen-bond acceptors (Lipinski definition) is 8. The van der Waals surface area contributed by atoms with Gasteiger partial charge in [0.1, 0.15) is 17.3 Å². The minimum absolute atomic E-state index is 0.0772. The second kappa shape index (κ2) is 10.9. The van der Waals surface area contributed by atoms with Crippen molar-refractivity contribution in [3.63, 3.8) is 0 Å². The van der Waals surface area contributed by atoms with Crippen LogP contribution >= 0.6 is 11.3 Å². The third-order valence-corrected chi connectivity index (χ3v) is 7.30. The van der Waals surface area contributed by atoms with E-state index in [-0.39, 0.29) is 6.04 Å². The van der Waals surface area contributed by atoms with Crippen molar-refractivity contribution in [2.24, 2.45) is 5.73 Å². The third kappa shape index (κ3) is 5.12. The minimum Gasteiger partial charge on any atom is -0.496 e. The summed E-state index contributed by atoms with van der Waals surface area (Å²) in [4.78, 5) is 15.2. The van der Waals surface area contributed by atoms with Gasteiger partial charge in [-0.2, -0.15) is 0 Å². The standard InChI is InChI=1S/C29H29N5O2S/c1-18-24(25-22(35-2)10-7-11-23(25)36-3)26-27(37-18)29(34-28(33-26)20-12-14-31-15-13-20)32-17-21(30)16-19-8-5-4-6-9-19/h4-15,21H,16-17,30H2,1-3H3,(H,32,33,34). The first-order valence-corrected chi connectivity index (χ1v) is 12.9. The van der Waals surface area contributed by atoms with Gasteiger partial charge in [-0.1, -0.05) is 36.4 Å². The van der Waals surface area contributed by atoms with Gasteiger partial charge in [0, 0.05) is 41.0 Å². The van der Waals surface area contributed by atoms with E-state index in [0.717, 1.165) is 55.5 Å². The number of benzene rings is 2. The summed E-state index contributed by atoms with van der Waals surface area (Å²) in [6, 6.07) is 19.8. The van der Waals surface area contributed by atoms with Crippen molar-refractivity contribution in [2.45, 2.75) is 19.4 Å². The molecule has 3 aromatic heterocycles. The Morgan fingerprint density at radius 1 is 0.892 bits per heavy atom. The number of ether oxygens (including phenoxy) is 2. The first kappa shape index (κ1) is 24.7. The Labute approximate surface area is 220 Å². The van der Waals surface area contributed by atoms with E-state index in [1.54, 1.807) is 38.0 Å². The Balaban J connectivity index is 1.61. The summed E-state index contributed by atoms with van der Waals surface area (Å²) in [6.07, 6.45) is 4.26. The molecule has 0 aliphatic rings. The fraction of sp³-hybridized carbons (Fsp3) is 0.207. The molecule has 0 fully saturated rings. The fourth-order valence-electron chi connectivity index (χ4n) is 4.45. The number of aromatic nitrogens is 3. The zero-order valence-electron chi connectivity index (χ0n) is 21.1. The number of aryl methyl sites for hydroxylation is 1. The fourth-order valence-corrected chi connectivity index (χ4v) is 5.51. The van der Waals surface area contributed by atoms with Crippen molar-refractivity contribution < 1.29 is 9.47 Å². The summed E-state index contributed by atoms with van der Waals surface area (Å²) in [6.45, 7) is 2.66. The molecule has 7 nitrogen and oxygen atoms in total. The number of fused-ring (bicyclic) bond motifs is 1. The van der Waals surface area contributed by atoms with Crippen LogP contribution in [0, 0.1) is 6.92 Å². The Bertz CT molecular complexity index is 1480. The van der Waals surface area contributed by atoms with Gasteiger partial charge < -0.3 is 20.5 Å². The third-order valence-electron chi connectivity index (χ3n) is 6.20. The lowest BCUT2D eigenvalue weighted by molar-refractivity contribution is 0.397. The van der Waals surface area contributed by atoms with E-state index in [1.807, 2.05) is 48.5 Å². The number of nitrogens with one attached hydrogen (secondary N) is 1. The van der Waals surface area contributed by atoms with Gasteiger partial charge in [0.2, 0.25) is 0 Å². The van der Waals surface area contributed by atoms with Gasteiger partial charge in [-0.15, -0.1) is 11.3 Å². The van der Waals surface area contributed by atoms with Crippen LogP contribution in [0.1, 0.15) is 10.4 Å². The highest BCUT2D eigenvalue weighted by Crippen LogP contribution is 2.47. The Hall–Kier alpha value is -4.01. The number of methoxy groups -OCH3 is 2. The van der Waals surface area contributed by atoms with Gasteiger partial charge in [0.15, 0.2) is 5.82 Å². The molecule has 1 atom stereocenters. The number of hydrogen-bond donors (Lipinski definition) is 2. The summed E-state index contributed by atoms with van der Waals surface area (Å²) in [5.41, 5.74) is 11.3. The SMILES string of the molecule is COc1cccc(OC)c1-c1c(C)sc2c(NCC(N)Cc3ccccc3)nc(-c3ccncc3)nc12. The maximum Gasteiger partial charge on any atom is 0.162 e. The summed E-state index contributed by atoms with van der Waals surface area (Å²) < 4.78 is 12.4. The number of nitrogens with two attached hydrogens (primary N) is 1. The first-order chi connectivity index (χ1) is 18.1. The molecule has 5 aromatic rings. The monoisotopic (exact) mass is 511 g/mol. The van der Waals surface area contributed by atoms with Crippen molar-refractivity contribution in [1.29, 1.82) is 0 Å². The Kier molecular flexibility index (Phi) is 7.30. The molecule has 188 valence electrons. The second-order valence-electron chi connectivity index (χ2n) is 8.71. The van der Waals surface area contributed by atoms with Crippen LogP contribution in [0.3, 0.4) is 0 Å². The molecule has 37 heavy (non-hydrogen) atoms. The average molecular weight is 512 g/mol. The molecule has 0 amide bonds.